The average molecular weight is 350 g/mol. The van der Waals surface area contributed by atoms with Gasteiger partial charge in [-0.3, -0.25) is 4.68 Å². The van der Waals surface area contributed by atoms with Gasteiger partial charge in [0.2, 0.25) is 0 Å². The molecule has 0 aliphatic carbocycles. The van der Waals surface area contributed by atoms with Crippen LogP contribution in [0.15, 0.2) is 24.3 Å². The van der Waals surface area contributed by atoms with E-state index in [1.54, 1.807) is 7.11 Å². The Bertz CT molecular complexity index is 640. The molecule has 0 radical (unpaired) electrons. The Morgan fingerprint density at radius 3 is 2.71 bits per heavy atom. The lowest BCUT2D eigenvalue weighted by Gasteiger charge is -2.08. The van der Waals surface area contributed by atoms with Crippen molar-refractivity contribution in [1.29, 1.82) is 0 Å². The molecule has 1 heterocycles. The van der Waals surface area contributed by atoms with Crippen LogP contribution in [0.25, 0.3) is 0 Å². The molecule has 1 aromatic carbocycles. The van der Waals surface area contributed by atoms with Crippen LogP contribution in [0.5, 0.6) is 0 Å². The van der Waals surface area contributed by atoms with Crippen molar-refractivity contribution < 1.29 is 4.74 Å². The summed E-state index contributed by atoms with van der Waals surface area (Å²) in [4.78, 5) is 0. The van der Waals surface area contributed by atoms with E-state index in [-0.39, 0.29) is 0 Å². The van der Waals surface area contributed by atoms with Crippen molar-refractivity contribution in [3.05, 3.63) is 51.8 Å². The third-order valence-corrected chi connectivity index (χ3v) is 4.68. The molecule has 2 aromatic rings. The molecule has 1 N–H and O–H groups in total. The first kappa shape index (κ1) is 19.0. The number of hydrogen-bond donors (Lipinski definition) is 1. The quantitative estimate of drug-likeness (QED) is 0.656. The number of hydrogen-bond acceptors (Lipinski definition) is 3. The Morgan fingerprint density at radius 1 is 1.17 bits per heavy atom. The summed E-state index contributed by atoms with van der Waals surface area (Å²) in [6.07, 6.45) is 3.51. The van der Waals surface area contributed by atoms with Crippen molar-refractivity contribution in [3.63, 3.8) is 0 Å². The van der Waals surface area contributed by atoms with Crippen LogP contribution in [-0.4, -0.2) is 30.0 Å². The Labute approximate surface area is 150 Å². The number of halogens is 1. The molecule has 0 saturated heterocycles. The molecular weight excluding hydrogens is 322 g/mol. The van der Waals surface area contributed by atoms with Crippen LogP contribution in [0.4, 0.5) is 0 Å². The Hall–Kier alpha value is -1.36. The second-order valence-corrected chi connectivity index (χ2v) is 6.54. The Morgan fingerprint density at radius 2 is 1.96 bits per heavy atom. The van der Waals surface area contributed by atoms with Gasteiger partial charge >= 0.3 is 0 Å². The van der Waals surface area contributed by atoms with Gasteiger partial charge in [-0.05, 0) is 51.3 Å². The van der Waals surface area contributed by atoms with Crippen LogP contribution in [0, 0.1) is 13.8 Å². The predicted molar refractivity (Wildman–Crippen MR) is 99.7 cm³/mol. The van der Waals surface area contributed by atoms with E-state index in [9.17, 15) is 0 Å². The molecule has 0 fully saturated rings. The topological polar surface area (TPSA) is 39.1 Å². The normalized spacial score (nSPS) is 11.2. The molecule has 0 spiro atoms. The van der Waals surface area contributed by atoms with Crippen molar-refractivity contribution in [1.82, 2.24) is 15.1 Å². The summed E-state index contributed by atoms with van der Waals surface area (Å²) in [6, 6.07) is 7.94. The largest absolute Gasteiger partial charge is 0.385 e. The second-order valence-electron chi connectivity index (χ2n) is 6.13. The van der Waals surface area contributed by atoms with E-state index in [0.29, 0.717) is 6.54 Å². The van der Waals surface area contributed by atoms with Crippen LogP contribution in [0.3, 0.4) is 0 Å². The van der Waals surface area contributed by atoms with E-state index >= 15 is 0 Å². The number of aryl methyl sites for hydroxylation is 1. The van der Waals surface area contributed by atoms with Crippen LogP contribution in [-0.2, 0) is 17.8 Å². The lowest BCUT2D eigenvalue weighted by atomic mass is 10.2. The molecular formula is C19H28ClN3O. The lowest BCUT2D eigenvalue weighted by Crippen LogP contribution is -2.16. The zero-order chi connectivity index (χ0) is 17.4. The molecule has 0 aliphatic rings. The van der Waals surface area contributed by atoms with Crippen LogP contribution >= 0.6 is 11.6 Å². The molecule has 1 aromatic heterocycles. The van der Waals surface area contributed by atoms with Crippen LogP contribution in [0.1, 0.15) is 41.8 Å². The summed E-state index contributed by atoms with van der Waals surface area (Å²) in [5.74, 6) is 0. The molecule has 2 rings (SSSR count). The fourth-order valence-corrected chi connectivity index (χ4v) is 3.01. The van der Waals surface area contributed by atoms with Crippen molar-refractivity contribution in [2.24, 2.45) is 0 Å². The molecule has 24 heavy (non-hydrogen) atoms. The Balaban J connectivity index is 1.88. The van der Waals surface area contributed by atoms with Gasteiger partial charge in [0.05, 0.1) is 12.2 Å². The highest BCUT2D eigenvalue weighted by Crippen LogP contribution is 2.19. The lowest BCUT2D eigenvalue weighted by molar-refractivity contribution is 0.192. The first-order chi connectivity index (χ1) is 11.6. The first-order valence-corrected chi connectivity index (χ1v) is 8.97. The van der Waals surface area contributed by atoms with E-state index < -0.39 is 0 Å². The zero-order valence-electron chi connectivity index (χ0n) is 14.9. The van der Waals surface area contributed by atoms with Crippen LogP contribution < -0.4 is 5.32 Å². The summed E-state index contributed by atoms with van der Waals surface area (Å²) in [7, 11) is 1.75. The highest BCUT2D eigenvalue weighted by molar-refractivity contribution is 6.31. The molecule has 132 valence electrons. The van der Waals surface area contributed by atoms with E-state index in [2.05, 4.69) is 30.3 Å². The van der Waals surface area contributed by atoms with Gasteiger partial charge in [0.15, 0.2) is 0 Å². The molecule has 0 unspecified atom stereocenters. The number of unbranched alkanes of at least 4 members (excludes halogenated alkanes) is 2. The van der Waals surface area contributed by atoms with Gasteiger partial charge in [0.1, 0.15) is 0 Å². The maximum absolute atomic E-state index is 6.27. The van der Waals surface area contributed by atoms with Crippen molar-refractivity contribution >= 4 is 11.6 Å². The molecule has 0 saturated carbocycles. The van der Waals surface area contributed by atoms with Crippen LogP contribution in [0.2, 0.25) is 5.02 Å². The van der Waals surface area contributed by atoms with Crippen molar-refractivity contribution in [3.8, 4) is 0 Å². The smallest absolute Gasteiger partial charge is 0.0677 e. The minimum absolute atomic E-state index is 0.712. The van der Waals surface area contributed by atoms with E-state index in [0.717, 1.165) is 42.4 Å². The van der Waals surface area contributed by atoms with Gasteiger partial charge in [0, 0.05) is 36.5 Å². The van der Waals surface area contributed by atoms with Gasteiger partial charge in [-0.15, -0.1) is 0 Å². The highest BCUT2D eigenvalue weighted by atomic mass is 35.5. The Kier molecular flexibility index (Phi) is 7.76. The monoisotopic (exact) mass is 349 g/mol. The molecule has 0 amide bonds. The van der Waals surface area contributed by atoms with Gasteiger partial charge < -0.3 is 10.1 Å². The minimum atomic E-state index is 0.712. The average Bonchev–Trinajstić information content (AvgIpc) is 2.83. The van der Waals surface area contributed by atoms with Gasteiger partial charge in [-0.1, -0.05) is 29.8 Å². The predicted octanol–water partition coefficient (Wildman–Crippen LogP) is 4.11. The van der Waals surface area contributed by atoms with Gasteiger partial charge in [-0.25, -0.2) is 0 Å². The number of ether oxygens (including phenoxy) is 1. The summed E-state index contributed by atoms with van der Waals surface area (Å²) in [5.41, 5.74) is 4.69. The summed E-state index contributed by atoms with van der Waals surface area (Å²) in [6.45, 7) is 7.66. The highest BCUT2D eigenvalue weighted by Gasteiger charge is 2.12. The SMILES string of the molecule is COCCCCCNCc1c(C)nn(Cc2ccccc2Cl)c1C. The first-order valence-electron chi connectivity index (χ1n) is 8.59. The fourth-order valence-electron chi connectivity index (χ4n) is 2.82. The molecule has 0 bridgehead atoms. The summed E-state index contributed by atoms with van der Waals surface area (Å²) < 4.78 is 7.12. The van der Waals surface area contributed by atoms with Crippen molar-refractivity contribution in [2.75, 3.05) is 20.3 Å². The number of aromatic nitrogens is 2. The third-order valence-electron chi connectivity index (χ3n) is 4.31. The molecule has 0 atom stereocenters. The van der Waals surface area contributed by atoms with Gasteiger partial charge in [0.25, 0.3) is 0 Å². The number of benzene rings is 1. The number of nitrogens with zero attached hydrogens (tertiary/aromatic N) is 2. The van der Waals surface area contributed by atoms with Gasteiger partial charge in [-0.2, -0.15) is 5.10 Å². The number of rotatable bonds is 10. The molecule has 0 aliphatic heterocycles. The molecule has 5 heteroatoms. The fraction of sp³-hybridized carbons (Fsp3) is 0.526. The zero-order valence-corrected chi connectivity index (χ0v) is 15.7. The van der Waals surface area contributed by atoms with E-state index in [4.69, 9.17) is 16.3 Å². The second kappa shape index (κ2) is 9.82. The van der Waals surface area contributed by atoms with E-state index in [1.807, 2.05) is 22.9 Å². The van der Waals surface area contributed by atoms with Crippen molar-refractivity contribution in [2.45, 2.75) is 46.2 Å². The molecule has 4 nitrogen and oxygen atoms in total. The number of methoxy groups -OCH3 is 1. The maximum Gasteiger partial charge on any atom is 0.0677 e. The van der Waals surface area contributed by atoms with E-state index in [1.165, 1.54) is 24.1 Å². The number of nitrogens with one attached hydrogen (secondary N) is 1. The third kappa shape index (κ3) is 5.33. The summed E-state index contributed by atoms with van der Waals surface area (Å²) in [5, 5.41) is 9.01. The maximum atomic E-state index is 6.27. The summed E-state index contributed by atoms with van der Waals surface area (Å²) >= 11 is 6.27. The standard InChI is InChI=1S/C19H28ClN3O/c1-15-18(13-21-11-7-4-8-12-24-3)16(2)23(22-15)14-17-9-5-6-10-19(17)20/h5-6,9-10,21H,4,7-8,11-14H2,1-3H3. The minimum Gasteiger partial charge on any atom is -0.385 e.